The summed E-state index contributed by atoms with van der Waals surface area (Å²) in [7, 11) is 0. The van der Waals surface area contributed by atoms with Gasteiger partial charge >= 0.3 is 0 Å². The number of rotatable bonds is 4. The molecule has 0 aromatic heterocycles. The molecule has 2 nitrogen and oxygen atoms in total. The van der Waals surface area contributed by atoms with Gasteiger partial charge in [-0.25, -0.2) is 0 Å². The lowest BCUT2D eigenvalue weighted by Crippen LogP contribution is -2.45. The number of aryl methyl sites for hydroxylation is 1. The highest BCUT2D eigenvalue weighted by atomic mass is 15.2. The van der Waals surface area contributed by atoms with Crippen LogP contribution in [-0.2, 0) is 0 Å². The molecule has 1 aliphatic rings. The minimum Gasteiger partial charge on any atom is -0.307 e. The van der Waals surface area contributed by atoms with Gasteiger partial charge in [0.15, 0.2) is 0 Å². The highest BCUT2D eigenvalue weighted by Gasteiger charge is 2.21. The molecule has 1 atom stereocenters. The second-order valence-corrected chi connectivity index (χ2v) is 6.20. The smallest absolute Gasteiger partial charge is 0.0294 e. The average molecular weight is 260 g/mol. The fraction of sp³-hybridized carbons (Fsp3) is 0.647. The van der Waals surface area contributed by atoms with Crippen molar-refractivity contribution >= 4 is 0 Å². The third-order valence-corrected chi connectivity index (χ3v) is 4.32. The number of hydrogen-bond acceptors (Lipinski definition) is 2. The van der Waals surface area contributed by atoms with Gasteiger partial charge in [-0.2, -0.15) is 0 Å². The van der Waals surface area contributed by atoms with Gasteiger partial charge in [0.1, 0.15) is 0 Å². The van der Waals surface area contributed by atoms with Gasteiger partial charge < -0.3 is 10.2 Å². The third-order valence-electron chi connectivity index (χ3n) is 4.32. The molecule has 0 spiro atoms. The average Bonchev–Trinajstić information content (AvgIpc) is 2.40. The molecule has 1 N–H and O–H groups in total. The van der Waals surface area contributed by atoms with Crippen molar-refractivity contribution in [3.8, 4) is 0 Å². The normalized spacial score (nSPS) is 19.8. The Kier molecular flexibility index (Phi) is 5.00. The fourth-order valence-electron chi connectivity index (χ4n) is 2.89. The maximum absolute atomic E-state index is 3.79. The molecule has 0 amide bonds. The highest BCUT2D eigenvalue weighted by Crippen LogP contribution is 2.18. The van der Waals surface area contributed by atoms with E-state index in [1.54, 1.807) is 0 Å². The Labute approximate surface area is 118 Å². The summed E-state index contributed by atoms with van der Waals surface area (Å²) in [4.78, 5) is 2.58. The van der Waals surface area contributed by atoms with Crippen molar-refractivity contribution in [2.75, 3.05) is 13.1 Å². The Balaban J connectivity index is 1.83. The Morgan fingerprint density at radius 2 is 1.63 bits per heavy atom. The molecule has 1 saturated heterocycles. The van der Waals surface area contributed by atoms with Crippen LogP contribution in [0.5, 0.6) is 0 Å². The van der Waals surface area contributed by atoms with E-state index in [1.807, 2.05) is 0 Å². The summed E-state index contributed by atoms with van der Waals surface area (Å²) < 4.78 is 0. The van der Waals surface area contributed by atoms with Crippen molar-refractivity contribution in [1.82, 2.24) is 10.2 Å². The number of nitrogens with one attached hydrogen (secondary N) is 1. The number of piperidine rings is 1. The van der Waals surface area contributed by atoms with Crippen molar-refractivity contribution in [3.63, 3.8) is 0 Å². The predicted octanol–water partition coefficient (Wildman–Crippen LogP) is 3.52. The Hall–Kier alpha value is -0.860. The van der Waals surface area contributed by atoms with Crippen LogP contribution < -0.4 is 5.32 Å². The van der Waals surface area contributed by atoms with Crippen molar-refractivity contribution in [2.45, 2.75) is 58.7 Å². The monoisotopic (exact) mass is 260 g/mol. The van der Waals surface area contributed by atoms with E-state index in [0.717, 1.165) is 0 Å². The summed E-state index contributed by atoms with van der Waals surface area (Å²) in [5.41, 5.74) is 2.73. The Morgan fingerprint density at radius 1 is 1.05 bits per heavy atom. The lowest BCUT2D eigenvalue weighted by atomic mass is 10.0. The zero-order chi connectivity index (χ0) is 13.8. The van der Waals surface area contributed by atoms with Crippen molar-refractivity contribution < 1.29 is 0 Å². The first-order valence-electron chi connectivity index (χ1n) is 7.63. The van der Waals surface area contributed by atoms with Crippen LogP contribution in [0, 0.1) is 6.92 Å². The lowest BCUT2D eigenvalue weighted by molar-refractivity contribution is 0.157. The van der Waals surface area contributed by atoms with Crippen LogP contribution in [0.15, 0.2) is 24.3 Å². The molecule has 1 aromatic rings. The van der Waals surface area contributed by atoms with Crippen LogP contribution >= 0.6 is 0 Å². The zero-order valence-electron chi connectivity index (χ0n) is 12.8. The van der Waals surface area contributed by atoms with Crippen LogP contribution in [0.4, 0.5) is 0 Å². The van der Waals surface area contributed by atoms with E-state index in [0.29, 0.717) is 18.1 Å². The number of hydrogen-bond donors (Lipinski definition) is 1. The van der Waals surface area contributed by atoms with Crippen LogP contribution in [0.25, 0.3) is 0 Å². The molecule has 0 saturated carbocycles. The summed E-state index contributed by atoms with van der Waals surface area (Å²) in [5.74, 6) is 0. The molecule has 1 fully saturated rings. The molecule has 1 aromatic carbocycles. The van der Waals surface area contributed by atoms with E-state index in [4.69, 9.17) is 0 Å². The highest BCUT2D eigenvalue weighted by molar-refractivity contribution is 5.23. The summed E-state index contributed by atoms with van der Waals surface area (Å²) >= 11 is 0. The summed E-state index contributed by atoms with van der Waals surface area (Å²) in [6.45, 7) is 11.5. The van der Waals surface area contributed by atoms with Gasteiger partial charge in [-0.1, -0.05) is 29.8 Å². The number of likely N-dealkylation sites (tertiary alicyclic amines) is 1. The van der Waals surface area contributed by atoms with Gasteiger partial charge in [0, 0.05) is 18.1 Å². The van der Waals surface area contributed by atoms with Gasteiger partial charge in [-0.15, -0.1) is 0 Å². The molecular formula is C17H28N2. The van der Waals surface area contributed by atoms with Gasteiger partial charge in [-0.3, -0.25) is 0 Å². The first kappa shape index (κ1) is 14.5. The Bertz CT molecular complexity index is 375. The maximum atomic E-state index is 3.79. The molecular weight excluding hydrogens is 232 g/mol. The molecule has 2 heteroatoms. The van der Waals surface area contributed by atoms with Crippen molar-refractivity contribution in [1.29, 1.82) is 0 Å². The molecule has 1 unspecified atom stereocenters. The SMILES string of the molecule is Cc1ccc(C(C)NC2CCN(C(C)C)CC2)cc1. The standard InChI is InChI=1S/C17H28N2/c1-13(2)19-11-9-17(10-12-19)18-15(4)16-7-5-14(3)6-8-16/h5-8,13,15,17-18H,9-12H2,1-4H3. The summed E-state index contributed by atoms with van der Waals surface area (Å²) in [5, 5.41) is 3.79. The van der Waals surface area contributed by atoms with E-state index in [1.165, 1.54) is 37.1 Å². The second kappa shape index (κ2) is 6.53. The maximum Gasteiger partial charge on any atom is 0.0294 e. The van der Waals surface area contributed by atoms with Crippen LogP contribution in [0.3, 0.4) is 0 Å². The molecule has 2 rings (SSSR count). The van der Waals surface area contributed by atoms with Crippen LogP contribution in [-0.4, -0.2) is 30.1 Å². The topological polar surface area (TPSA) is 15.3 Å². The van der Waals surface area contributed by atoms with Gasteiger partial charge in [0.2, 0.25) is 0 Å². The van der Waals surface area contributed by atoms with Crippen molar-refractivity contribution in [2.24, 2.45) is 0 Å². The minimum atomic E-state index is 0.455. The van der Waals surface area contributed by atoms with E-state index >= 15 is 0 Å². The van der Waals surface area contributed by atoms with Gasteiger partial charge in [0.05, 0.1) is 0 Å². The Morgan fingerprint density at radius 3 is 2.16 bits per heavy atom. The van der Waals surface area contributed by atoms with E-state index < -0.39 is 0 Å². The van der Waals surface area contributed by atoms with Crippen LogP contribution in [0.1, 0.15) is 50.8 Å². The van der Waals surface area contributed by atoms with Crippen LogP contribution in [0.2, 0.25) is 0 Å². The van der Waals surface area contributed by atoms with Gasteiger partial charge in [0.25, 0.3) is 0 Å². The molecule has 0 bridgehead atoms. The number of benzene rings is 1. The zero-order valence-corrected chi connectivity index (χ0v) is 12.8. The third kappa shape index (κ3) is 4.05. The predicted molar refractivity (Wildman–Crippen MR) is 82.5 cm³/mol. The second-order valence-electron chi connectivity index (χ2n) is 6.20. The van der Waals surface area contributed by atoms with E-state index in [9.17, 15) is 0 Å². The molecule has 19 heavy (non-hydrogen) atoms. The lowest BCUT2D eigenvalue weighted by Gasteiger charge is -2.36. The molecule has 0 radical (unpaired) electrons. The first-order valence-corrected chi connectivity index (χ1v) is 7.63. The quantitative estimate of drug-likeness (QED) is 0.891. The molecule has 1 heterocycles. The van der Waals surface area contributed by atoms with E-state index in [2.05, 4.69) is 62.2 Å². The largest absolute Gasteiger partial charge is 0.307 e. The fourth-order valence-corrected chi connectivity index (χ4v) is 2.89. The molecule has 1 aliphatic heterocycles. The van der Waals surface area contributed by atoms with E-state index in [-0.39, 0.29) is 0 Å². The minimum absolute atomic E-state index is 0.455. The molecule has 0 aliphatic carbocycles. The first-order chi connectivity index (χ1) is 9.06. The molecule has 106 valence electrons. The number of nitrogens with zero attached hydrogens (tertiary/aromatic N) is 1. The van der Waals surface area contributed by atoms with Crippen molar-refractivity contribution in [3.05, 3.63) is 35.4 Å². The van der Waals surface area contributed by atoms with Gasteiger partial charge in [-0.05, 0) is 59.2 Å². The summed E-state index contributed by atoms with van der Waals surface area (Å²) in [6, 6.07) is 10.7. The summed E-state index contributed by atoms with van der Waals surface area (Å²) in [6.07, 6.45) is 2.54.